The van der Waals surface area contributed by atoms with Gasteiger partial charge in [-0.15, -0.1) is 0 Å². The van der Waals surface area contributed by atoms with Crippen molar-refractivity contribution in [3.05, 3.63) is 94.3 Å². The zero-order valence-corrected chi connectivity index (χ0v) is 19.4. The van der Waals surface area contributed by atoms with Gasteiger partial charge < -0.3 is 9.47 Å². The first-order valence-electron chi connectivity index (χ1n) is 11.5. The molecule has 0 N–H and O–H groups in total. The second-order valence-corrected chi connectivity index (χ2v) is 8.38. The lowest BCUT2D eigenvalue weighted by molar-refractivity contribution is -0.000531. The largest absolute Gasteiger partial charge is 0.491 e. The summed E-state index contributed by atoms with van der Waals surface area (Å²) in [6.07, 6.45) is 3.76. The Morgan fingerprint density at radius 3 is 2.17 bits per heavy atom. The summed E-state index contributed by atoms with van der Waals surface area (Å²) in [5.41, 5.74) is 0.454. The first kappa shape index (κ1) is 24.9. The average Bonchev–Trinajstić information content (AvgIpc) is 2.85. The number of rotatable bonds is 6. The SMILES string of the molecule is CC=Cc1ccc(C2CCC(c3ccc(-c4ccc(OCC)c(F)c4F)c(F)c3F)OC2)c(F)c1. The van der Waals surface area contributed by atoms with Gasteiger partial charge in [-0.05, 0) is 56.0 Å². The van der Waals surface area contributed by atoms with E-state index in [1.165, 1.54) is 24.3 Å². The average molecular weight is 488 g/mol. The van der Waals surface area contributed by atoms with E-state index in [-0.39, 0.29) is 36.3 Å². The minimum absolute atomic E-state index is 0.0135. The molecule has 2 nitrogen and oxygen atoms in total. The van der Waals surface area contributed by atoms with Crippen molar-refractivity contribution in [3.8, 4) is 16.9 Å². The van der Waals surface area contributed by atoms with E-state index in [1.54, 1.807) is 19.1 Å². The molecule has 0 aliphatic carbocycles. The van der Waals surface area contributed by atoms with Gasteiger partial charge >= 0.3 is 0 Å². The maximum absolute atomic E-state index is 15.0. The summed E-state index contributed by atoms with van der Waals surface area (Å²) in [5, 5.41) is 0. The van der Waals surface area contributed by atoms with Crippen LogP contribution in [-0.2, 0) is 4.74 Å². The van der Waals surface area contributed by atoms with Gasteiger partial charge in [-0.2, -0.15) is 4.39 Å². The Hall–Kier alpha value is -3.19. The minimum Gasteiger partial charge on any atom is -0.491 e. The summed E-state index contributed by atoms with van der Waals surface area (Å²) >= 11 is 0. The topological polar surface area (TPSA) is 18.5 Å². The molecule has 1 fully saturated rings. The number of ether oxygens (including phenoxy) is 2. The molecule has 4 rings (SSSR count). The van der Waals surface area contributed by atoms with Crippen LogP contribution in [-0.4, -0.2) is 13.2 Å². The minimum atomic E-state index is -1.32. The fourth-order valence-electron chi connectivity index (χ4n) is 4.44. The van der Waals surface area contributed by atoms with Gasteiger partial charge in [0, 0.05) is 22.6 Å². The normalized spacial score (nSPS) is 18.3. The highest BCUT2D eigenvalue weighted by atomic mass is 19.2. The second-order valence-electron chi connectivity index (χ2n) is 8.38. The number of hydrogen-bond acceptors (Lipinski definition) is 2. The summed E-state index contributed by atoms with van der Waals surface area (Å²) < 4.78 is 84.1. The van der Waals surface area contributed by atoms with Gasteiger partial charge in [-0.1, -0.05) is 36.4 Å². The first-order chi connectivity index (χ1) is 16.8. The van der Waals surface area contributed by atoms with Crippen LogP contribution in [0.1, 0.15) is 55.4 Å². The molecule has 2 atom stereocenters. The molecule has 35 heavy (non-hydrogen) atoms. The van der Waals surface area contributed by atoms with Crippen LogP contribution in [0.15, 0.2) is 48.5 Å². The van der Waals surface area contributed by atoms with Gasteiger partial charge in [0.1, 0.15) is 5.82 Å². The summed E-state index contributed by atoms with van der Waals surface area (Å²) in [4.78, 5) is 0. The van der Waals surface area contributed by atoms with Crippen molar-refractivity contribution in [1.29, 1.82) is 0 Å². The summed E-state index contributed by atoms with van der Waals surface area (Å²) in [6, 6.07) is 9.85. The van der Waals surface area contributed by atoms with E-state index in [0.717, 1.165) is 11.6 Å². The lowest BCUT2D eigenvalue weighted by Gasteiger charge is -2.30. The van der Waals surface area contributed by atoms with Crippen LogP contribution in [0.4, 0.5) is 22.0 Å². The number of hydrogen-bond donors (Lipinski definition) is 0. The second kappa shape index (κ2) is 10.6. The summed E-state index contributed by atoms with van der Waals surface area (Å²) in [6.45, 7) is 3.74. The third kappa shape index (κ3) is 4.96. The molecule has 3 aromatic rings. The number of benzene rings is 3. The van der Waals surface area contributed by atoms with Crippen molar-refractivity contribution in [2.24, 2.45) is 0 Å². The molecular weight excluding hydrogens is 463 g/mol. The lowest BCUT2D eigenvalue weighted by Crippen LogP contribution is -2.21. The van der Waals surface area contributed by atoms with Crippen LogP contribution >= 0.6 is 0 Å². The van der Waals surface area contributed by atoms with E-state index in [1.807, 2.05) is 19.1 Å². The smallest absolute Gasteiger partial charge is 0.201 e. The van der Waals surface area contributed by atoms with Gasteiger partial charge in [0.25, 0.3) is 0 Å². The molecule has 0 saturated carbocycles. The Labute approximate surface area is 201 Å². The lowest BCUT2D eigenvalue weighted by atomic mass is 9.88. The van der Waals surface area contributed by atoms with Crippen molar-refractivity contribution in [2.45, 2.75) is 38.7 Å². The Morgan fingerprint density at radius 1 is 0.857 bits per heavy atom. The van der Waals surface area contributed by atoms with Gasteiger partial charge in [0.15, 0.2) is 23.2 Å². The molecule has 0 spiro atoms. The van der Waals surface area contributed by atoms with Crippen molar-refractivity contribution < 1.29 is 31.4 Å². The quantitative estimate of drug-likeness (QED) is 0.326. The summed E-state index contributed by atoms with van der Waals surface area (Å²) in [7, 11) is 0. The Kier molecular flexibility index (Phi) is 7.55. The standard InChI is InChI=1S/C28H25F5O2/c1-3-5-16-6-8-18(22(29)14-16)17-7-12-23(35-15-17)21-10-9-19(25(30)27(21)32)20-11-13-24(34-4-2)28(33)26(20)31/h3,5-6,8-11,13-14,17,23H,4,7,12,15H2,1-2H3. The summed E-state index contributed by atoms with van der Waals surface area (Å²) in [5.74, 6) is -5.90. The molecule has 1 heterocycles. The van der Waals surface area contributed by atoms with Gasteiger partial charge in [-0.3, -0.25) is 0 Å². The highest BCUT2D eigenvalue weighted by Crippen LogP contribution is 2.40. The van der Waals surface area contributed by atoms with Gasteiger partial charge in [-0.25, -0.2) is 17.6 Å². The van der Waals surface area contributed by atoms with Crippen LogP contribution in [0.2, 0.25) is 0 Å². The molecule has 0 aromatic heterocycles. The van der Waals surface area contributed by atoms with Crippen molar-refractivity contribution in [2.75, 3.05) is 13.2 Å². The molecular formula is C28H25F5O2. The van der Waals surface area contributed by atoms with Crippen molar-refractivity contribution in [1.82, 2.24) is 0 Å². The maximum Gasteiger partial charge on any atom is 0.201 e. The van der Waals surface area contributed by atoms with Crippen molar-refractivity contribution >= 4 is 6.08 Å². The van der Waals surface area contributed by atoms with Gasteiger partial charge in [0.05, 0.1) is 19.3 Å². The molecule has 7 heteroatoms. The molecule has 2 unspecified atom stereocenters. The zero-order chi connectivity index (χ0) is 25.1. The third-order valence-corrected chi connectivity index (χ3v) is 6.20. The van der Waals surface area contributed by atoms with E-state index < -0.39 is 40.5 Å². The Bertz CT molecular complexity index is 1250. The van der Waals surface area contributed by atoms with Crippen LogP contribution in [0, 0.1) is 29.1 Å². The fraction of sp³-hybridized carbons (Fsp3) is 0.286. The number of allylic oxidation sites excluding steroid dienone is 1. The van der Waals surface area contributed by atoms with E-state index in [4.69, 9.17) is 9.47 Å². The molecule has 3 aromatic carbocycles. The molecule has 0 bridgehead atoms. The predicted octanol–water partition coefficient (Wildman–Crippen LogP) is 8.12. The van der Waals surface area contributed by atoms with Crippen LogP contribution in [0.25, 0.3) is 17.2 Å². The molecule has 0 amide bonds. The van der Waals surface area contributed by atoms with E-state index in [0.29, 0.717) is 18.4 Å². The van der Waals surface area contributed by atoms with Crippen LogP contribution in [0.3, 0.4) is 0 Å². The fourth-order valence-corrected chi connectivity index (χ4v) is 4.44. The predicted molar refractivity (Wildman–Crippen MR) is 125 cm³/mol. The van der Waals surface area contributed by atoms with E-state index in [9.17, 15) is 17.6 Å². The van der Waals surface area contributed by atoms with E-state index >= 15 is 4.39 Å². The van der Waals surface area contributed by atoms with Gasteiger partial charge in [0.2, 0.25) is 5.82 Å². The monoisotopic (exact) mass is 488 g/mol. The maximum atomic E-state index is 15.0. The molecule has 1 saturated heterocycles. The third-order valence-electron chi connectivity index (χ3n) is 6.20. The zero-order valence-electron chi connectivity index (χ0n) is 19.4. The molecule has 184 valence electrons. The molecule has 1 aliphatic heterocycles. The Balaban J connectivity index is 1.53. The van der Waals surface area contributed by atoms with E-state index in [2.05, 4.69) is 0 Å². The highest BCUT2D eigenvalue weighted by molar-refractivity contribution is 5.66. The van der Waals surface area contributed by atoms with Crippen molar-refractivity contribution in [3.63, 3.8) is 0 Å². The molecule has 1 aliphatic rings. The van der Waals surface area contributed by atoms with Crippen LogP contribution < -0.4 is 4.74 Å². The highest BCUT2D eigenvalue weighted by Gasteiger charge is 2.30. The number of halogens is 5. The first-order valence-corrected chi connectivity index (χ1v) is 11.5. The Morgan fingerprint density at radius 2 is 1.54 bits per heavy atom. The van der Waals surface area contributed by atoms with Crippen LogP contribution in [0.5, 0.6) is 5.75 Å². The molecule has 0 radical (unpaired) electrons.